The van der Waals surface area contributed by atoms with Gasteiger partial charge in [0.25, 0.3) is 0 Å². The van der Waals surface area contributed by atoms with Crippen LogP contribution in [0.1, 0.15) is 31.6 Å². The van der Waals surface area contributed by atoms with Gasteiger partial charge in [0.2, 0.25) is 0 Å². The van der Waals surface area contributed by atoms with E-state index in [0.717, 1.165) is 6.54 Å². The van der Waals surface area contributed by atoms with Crippen LogP contribution in [0.3, 0.4) is 0 Å². The van der Waals surface area contributed by atoms with Crippen LogP contribution in [0.5, 0.6) is 0 Å². The molecule has 0 aliphatic rings. The molecule has 84 valence electrons. The predicted molar refractivity (Wildman–Crippen MR) is 70.4 cm³/mol. The molecule has 0 spiro atoms. The molecule has 0 saturated heterocycles. The van der Waals surface area contributed by atoms with E-state index in [-0.39, 0.29) is 0 Å². The van der Waals surface area contributed by atoms with Crippen LogP contribution < -0.4 is 0 Å². The molecule has 0 fully saturated rings. The van der Waals surface area contributed by atoms with Gasteiger partial charge in [0.1, 0.15) is 0 Å². The maximum atomic E-state index is 2.50. The van der Waals surface area contributed by atoms with E-state index in [1.54, 1.807) is 11.3 Å². The van der Waals surface area contributed by atoms with Gasteiger partial charge in [0.05, 0.1) is 0 Å². The molecule has 1 aromatic heterocycles. The fourth-order valence-corrected chi connectivity index (χ4v) is 2.28. The second-order valence-corrected chi connectivity index (χ2v) is 4.70. The van der Waals surface area contributed by atoms with E-state index in [4.69, 9.17) is 0 Å². The number of hydrogen-bond donors (Lipinski definition) is 0. The summed E-state index contributed by atoms with van der Waals surface area (Å²) >= 11 is 1.80. The Kier molecular flexibility index (Phi) is 6.37. The molecule has 0 saturated carbocycles. The van der Waals surface area contributed by atoms with E-state index in [0.29, 0.717) is 0 Å². The summed E-state index contributed by atoms with van der Waals surface area (Å²) in [6.07, 6.45) is 6.99. The monoisotopic (exact) mass is 223 g/mol. The van der Waals surface area contributed by atoms with E-state index in [2.05, 4.69) is 48.4 Å². The molecule has 1 nitrogen and oxygen atoms in total. The SMILES string of the molecule is CCCN(C/C=C/c1cccs1)CCC. The normalized spacial score (nSPS) is 11.7. The average Bonchev–Trinajstić information content (AvgIpc) is 2.71. The third-order valence-corrected chi connectivity index (χ3v) is 3.11. The van der Waals surface area contributed by atoms with Crippen molar-refractivity contribution < 1.29 is 0 Å². The third kappa shape index (κ3) is 5.14. The highest BCUT2D eigenvalue weighted by atomic mass is 32.1. The van der Waals surface area contributed by atoms with Gasteiger partial charge in [-0.2, -0.15) is 0 Å². The Balaban J connectivity index is 2.32. The van der Waals surface area contributed by atoms with Crippen molar-refractivity contribution in [3.63, 3.8) is 0 Å². The molecular formula is C13H21NS. The third-order valence-electron chi connectivity index (χ3n) is 2.27. The molecule has 15 heavy (non-hydrogen) atoms. The summed E-state index contributed by atoms with van der Waals surface area (Å²) < 4.78 is 0. The van der Waals surface area contributed by atoms with Gasteiger partial charge >= 0.3 is 0 Å². The number of rotatable bonds is 7. The minimum Gasteiger partial charge on any atom is -0.300 e. The predicted octanol–water partition coefficient (Wildman–Crippen LogP) is 3.88. The van der Waals surface area contributed by atoms with E-state index in [1.807, 2.05) is 0 Å². The molecule has 1 aromatic rings. The second-order valence-electron chi connectivity index (χ2n) is 3.72. The van der Waals surface area contributed by atoms with E-state index in [1.165, 1.54) is 30.8 Å². The van der Waals surface area contributed by atoms with Gasteiger partial charge < -0.3 is 0 Å². The Morgan fingerprint density at radius 3 is 2.53 bits per heavy atom. The largest absolute Gasteiger partial charge is 0.300 e. The van der Waals surface area contributed by atoms with Crippen LogP contribution in [0.4, 0.5) is 0 Å². The molecule has 0 amide bonds. The standard InChI is InChI=1S/C13H21NS/c1-3-9-14(10-4-2)11-5-7-13-8-6-12-15-13/h5-8,12H,3-4,9-11H2,1-2H3/b7-5+. The van der Waals surface area contributed by atoms with Gasteiger partial charge in [-0.1, -0.05) is 26.0 Å². The van der Waals surface area contributed by atoms with Crippen molar-refractivity contribution in [3.05, 3.63) is 28.5 Å². The zero-order valence-electron chi connectivity index (χ0n) is 9.78. The summed E-state index contributed by atoms with van der Waals surface area (Å²) in [6, 6.07) is 4.26. The van der Waals surface area contributed by atoms with Crippen LogP contribution in [0, 0.1) is 0 Å². The van der Waals surface area contributed by atoms with Crippen LogP contribution in [0.15, 0.2) is 23.6 Å². The first-order chi connectivity index (χ1) is 7.36. The van der Waals surface area contributed by atoms with Crippen molar-refractivity contribution in [1.82, 2.24) is 4.90 Å². The van der Waals surface area contributed by atoms with Gasteiger partial charge in [-0.05, 0) is 43.5 Å². The number of thiophene rings is 1. The lowest BCUT2D eigenvalue weighted by molar-refractivity contribution is 0.304. The summed E-state index contributed by atoms with van der Waals surface area (Å²) in [6.45, 7) is 7.99. The van der Waals surface area contributed by atoms with Crippen LogP contribution in [-0.2, 0) is 0 Å². The maximum absolute atomic E-state index is 2.50. The van der Waals surface area contributed by atoms with Crippen molar-refractivity contribution in [2.75, 3.05) is 19.6 Å². The summed E-state index contributed by atoms with van der Waals surface area (Å²) in [7, 11) is 0. The number of hydrogen-bond acceptors (Lipinski definition) is 2. The fraction of sp³-hybridized carbons (Fsp3) is 0.538. The molecule has 0 aliphatic carbocycles. The van der Waals surface area contributed by atoms with Crippen molar-refractivity contribution in [3.8, 4) is 0 Å². The molecule has 0 aliphatic heterocycles. The van der Waals surface area contributed by atoms with E-state index in [9.17, 15) is 0 Å². The molecule has 1 heterocycles. The lowest BCUT2D eigenvalue weighted by atomic mass is 10.3. The van der Waals surface area contributed by atoms with Crippen LogP contribution in [0.25, 0.3) is 6.08 Å². The Morgan fingerprint density at radius 1 is 1.27 bits per heavy atom. The van der Waals surface area contributed by atoms with Gasteiger partial charge in [0.15, 0.2) is 0 Å². The zero-order valence-corrected chi connectivity index (χ0v) is 10.6. The first-order valence-corrected chi connectivity index (χ1v) is 6.67. The smallest absolute Gasteiger partial charge is 0.0267 e. The summed E-state index contributed by atoms with van der Waals surface area (Å²) in [4.78, 5) is 3.85. The topological polar surface area (TPSA) is 3.24 Å². The van der Waals surface area contributed by atoms with Gasteiger partial charge in [-0.3, -0.25) is 4.90 Å². The molecule has 0 atom stereocenters. The van der Waals surface area contributed by atoms with E-state index < -0.39 is 0 Å². The van der Waals surface area contributed by atoms with Crippen molar-refractivity contribution in [1.29, 1.82) is 0 Å². The highest BCUT2D eigenvalue weighted by Gasteiger charge is 1.98. The molecule has 1 rings (SSSR count). The molecule has 0 unspecified atom stereocenters. The molecule has 2 heteroatoms. The molecule has 0 N–H and O–H groups in total. The molecule has 0 aromatic carbocycles. The van der Waals surface area contributed by atoms with Crippen LogP contribution >= 0.6 is 11.3 Å². The average molecular weight is 223 g/mol. The first-order valence-electron chi connectivity index (χ1n) is 5.79. The Morgan fingerprint density at radius 2 is 2.00 bits per heavy atom. The molecular weight excluding hydrogens is 202 g/mol. The molecule has 0 bridgehead atoms. The Bertz CT molecular complexity index is 258. The number of nitrogens with zero attached hydrogens (tertiary/aromatic N) is 1. The Hall–Kier alpha value is -0.600. The summed E-state index contributed by atoms with van der Waals surface area (Å²) in [5.74, 6) is 0. The maximum Gasteiger partial charge on any atom is 0.0267 e. The lowest BCUT2D eigenvalue weighted by Gasteiger charge is -2.18. The molecule has 0 radical (unpaired) electrons. The van der Waals surface area contributed by atoms with Crippen LogP contribution in [0.2, 0.25) is 0 Å². The van der Waals surface area contributed by atoms with Crippen molar-refractivity contribution in [2.45, 2.75) is 26.7 Å². The summed E-state index contributed by atoms with van der Waals surface area (Å²) in [5, 5.41) is 2.12. The quantitative estimate of drug-likeness (QED) is 0.678. The lowest BCUT2D eigenvalue weighted by Crippen LogP contribution is -2.25. The van der Waals surface area contributed by atoms with Crippen LogP contribution in [-0.4, -0.2) is 24.5 Å². The van der Waals surface area contributed by atoms with Gasteiger partial charge in [-0.15, -0.1) is 11.3 Å². The minimum absolute atomic E-state index is 1.08. The highest BCUT2D eigenvalue weighted by Crippen LogP contribution is 2.10. The highest BCUT2D eigenvalue weighted by molar-refractivity contribution is 7.10. The zero-order chi connectivity index (χ0) is 10.9. The first kappa shape index (κ1) is 12.5. The summed E-state index contributed by atoms with van der Waals surface area (Å²) in [5.41, 5.74) is 0. The van der Waals surface area contributed by atoms with Gasteiger partial charge in [-0.25, -0.2) is 0 Å². The second kappa shape index (κ2) is 7.66. The van der Waals surface area contributed by atoms with Crippen molar-refractivity contribution >= 4 is 17.4 Å². The van der Waals surface area contributed by atoms with Crippen molar-refractivity contribution in [2.24, 2.45) is 0 Å². The van der Waals surface area contributed by atoms with E-state index >= 15 is 0 Å². The Labute approximate surface area is 97.4 Å². The fourth-order valence-electron chi connectivity index (χ4n) is 1.63. The van der Waals surface area contributed by atoms with Gasteiger partial charge in [0, 0.05) is 11.4 Å². The minimum atomic E-state index is 1.08.